The highest BCUT2D eigenvalue weighted by atomic mass is 16.3. The number of hydrogen-bond acceptors (Lipinski definition) is 5. The van der Waals surface area contributed by atoms with Crippen LogP contribution in [0.1, 0.15) is 18.1 Å². The van der Waals surface area contributed by atoms with E-state index in [2.05, 4.69) is 4.98 Å². The van der Waals surface area contributed by atoms with Crippen LogP contribution in [-0.2, 0) is 0 Å². The van der Waals surface area contributed by atoms with E-state index in [1.54, 1.807) is 6.07 Å². The maximum absolute atomic E-state index is 9.68. The fraction of sp³-hybridized carbons (Fsp3) is 0.444. The SMILES string of the molecule is NCCC(O)C(O)c1cnccc1N. The number of hydrogen-bond donors (Lipinski definition) is 4. The molecule has 0 aliphatic rings. The molecule has 1 aromatic heterocycles. The van der Waals surface area contributed by atoms with E-state index in [-0.39, 0.29) is 0 Å². The zero-order valence-electron chi connectivity index (χ0n) is 7.80. The third kappa shape index (κ3) is 2.41. The van der Waals surface area contributed by atoms with Gasteiger partial charge in [-0.1, -0.05) is 0 Å². The van der Waals surface area contributed by atoms with E-state index in [1.807, 2.05) is 0 Å². The van der Waals surface area contributed by atoms with E-state index in [0.29, 0.717) is 24.2 Å². The molecule has 0 radical (unpaired) electrons. The van der Waals surface area contributed by atoms with Crippen molar-refractivity contribution in [2.75, 3.05) is 12.3 Å². The number of rotatable bonds is 4. The van der Waals surface area contributed by atoms with Gasteiger partial charge in [0.1, 0.15) is 6.10 Å². The van der Waals surface area contributed by atoms with Gasteiger partial charge in [0.2, 0.25) is 0 Å². The van der Waals surface area contributed by atoms with Crippen LogP contribution in [0.4, 0.5) is 5.69 Å². The number of aliphatic hydroxyl groups excluding tert-OH is 2. The molecule has 0 aromatic carbocycles. The molecule has 5 nitrogen and oxygen atoms in total. The number of pyridine rings is 1. The molecule has 1 heterocycles. The van der Waals surface area contributed by atoms with E-state index in [1.165, 1.54) is 12.4 Å². The van der Waals surface area contributed by atoms with Crippen molar-refractivity contribution >= 4 is 5.69 Å². The summed E-state index contributed by atoms with van der Waals surface area (Å²) in [5, 5.41) is 19.2. The Balaban J connectivity index is 2.78. The minimum Gasteiger partial charge on any atom is -0.398 e. The molecule has 0 saturated carbocycles. The summed E-state index contributed by atoms with van der Waals surface area (Å²) in [5.41, 5.74) is 11.7. The average molecular weight is 197 g/mol. The molecule has 0 bridgehead atoms. The summed E-state index contributed by atoms with van der Waals surface area (Å²) in [7, 11) is 0. The fourth-order valence-electron chi connectivity index (χ4n) is 1.20. The minimum absolute atomic E-state index is 0.318. The number of aromatic nitrogens is 1. The molecule has 0 saturated heterocycles. The Morgan fingerprint density at radius 1 is 1.43 bits per heavy atom. The van der Waals surface area contributed by atoms with E-state index >= 15 is 0 Å². The molecule has 0 amide bonds. The lowest BCUT2D eigenvalue weighted by atomic mass is 10.0. The Morgan fingerprint density at radius 2 is 2.14 bits per heavy atom. The lowest BCUT2D eigenvalue weighted by Gasteiger charge is -2.18. The van der Waals surface area contributed by atoms with E-state index in [9.17, 15) is 10.2 Å². The molecule has 6 N–H and O–H groups in total. The van der Waals surface area contributed by atoms with Crippen molar-refractivity contribution in [1.82, 2.24) is 4.98 Å². The van der Waals surface area contributed by atoms with E-state index in [0.717, 1.165) is 0 Å². The second-order valence-corrected chi connectivity index (χ2v) is 3.09. The van der Waals surface area contributed by atoms with Gasteiger partial charge in [0.15, 0.2) is 0 Å². The molecule has 2 unspecified atom stereocenters. The molecule has 0 spiro atoms. The highest BCUT2D eigenvalue weighted by Gasteiger charge is 2.19. The Hall–Kier alpha value is -1.17. The summed E-state index contributed by atoms with van der Waals surface area (Å²) in [6, 6.07) is 1.58. The predicted octanol–water partition coefficient (Wildman–Crippen LogP) is -0.593. The zero-order valence-corrected chi connectivity index (χ0v) is 7.80. The topological polar surface area (TPSA) is 105 Å². The van der Waals surface area contributed by atoms with Crippen LogP contribution < -0.4 is 11.5 Å². The maximum Gasteiger partial charge on any atom is 0.108 e. The van der Waals surface area contributed by atoms with Crippen molar-refractivity contribution in [3.8, 4) is 0 Å². The lowest BCUT2D eigenvalue weighted by Crippen LogP contribution is -2.22. The van der Waals surface area contributed by atoms with Gasteiger partial charge in [-0.15, -0.1) is 0 Å². The molecule has 1 aromatic rings. The smallest absolute Gasteiger partial charge is 0.108 e. The minimum atomic E-state index is -1.02. The predicted molar refractivity (Wildman–Crippen MR) is 53.3 cm³/mol. The van der Waals surface area contributed by atoms with E-state index in [4.69, 9.17) is 11.5 Å². The number of anilines is 1. The van der Waals surface area contributed by atoms with Crippen LogP contribution >= 0.6 is 0 Å². The van der Waals surface area contributed by atoms with Gasteiger partial charge in [-0.2, -0.15) is 0 Å². The molecule has 0 aliphatic heterocycles. The van der Waals surface area contributed by atoms with Gasteiger partial charge in [0.25, 0.3) is 0 Å². The van der Waals surface area contributed by atoms with Gasteiger partial charge in [-0.05, 0) is 19.0 Å². The second kappa shape index (κ2) is 4.90. The number of nitrogens with two attached hydrogens (primary N) is 2. The van der Waals surface area contributed by atoms with Crippen LogP contribution in [0.3, 0.4) is 0 Å². The van der Waals surface area contributed by atoms with Gasteiger partial charge in [0.05, 0.1) is 6.10 Å². The van der Waals surface area contributed by atoms with Crippen LogP contribution in [0.2, 0.25) is 0 Å². The molecule has 5 heteroatoms. The van der Waals surface area contributed by atoms with E-state index < -0.39 is 12.2 Å². The summed E-state index contributed by atoms with van der Waals surface area (Å²) in [6.07, 6.45) is 1.38. The van der Waals surface area contributed by atoms with Crippen molar-refractivity contribution in [2.45, 2.75) is 18.6 Å². The van der Waals surface area contributed by atoms with Crippen molar-refractivity contribution in [3.05, 3.63) is 24.0 Å². The van der Waals surface area contributed by atoms with Gasteiger partial charge >= 0.3 is 0 Å². The molecule has 0 aliphatic carbocycles. The lowest BCUT2D eigenvalue weighted by molar-refractivity contribution is 0.0152. The van der Waals surface area contributed by atoms with Crippen LogP contribution in [0.15, 0.2) is 18.5 Å². The summed E-state index contributed by atoms with van der Waals surface area (Å²) in [5.74, 6) is 0. The van der Waals surface area contributed by atoms with Gasteiger partial charge in [-0.3, -0.25) is 4.98 Å². The number of aliphatic hydroxyl groups is 2. The summed E-state index contributed by atoms with van der Waals surface area (Å²) >= 11 is 0. The molecule has 14 heavy (non-hydrogen) atoms. The number of nitrogens with zero attached hydrogens (tertiary/aromatic N) is 1. The highest BCUT2D eigenvalue weighted by Crippen LogP contribution is 2.22. The number of nitrogen functional groups attached to an aromatic ring is 1. The Kier molecular flexibility index (Phi) is 3.82. The maximum atomic E-state index is 9.68. The molecule has 2 atom stereocenters. The van der Waals surface area contributed by atoms with Gasteiger partial charge in [0, 0.05) is 23.6 Å². The largest absolute Gasteiger partial charge is 0.398 e. The third-order valence-electron chi connectivity index (χ3n) is 2.03. The van der Waals surface area contributed by atoms with Gasteiger partial charge in [-0.25, -0.2) is 0 Å². The molecule has 1 rings (SSSR count). The average Bonchev–Trinajstić information content (AvgIpc) is 2.18. The van der Waals surface area contributed by atoms with Crippen LogP contribution in [0, 0.1) is 0 Å². The normalized spacial score (nSPS) is 15.1. The first-order valence-electron chi connectivity index (χ1n) is 4.42. The summed E-state index contributed by atoms with van der Waals surface area (Å²) < 4.78 is 0. The Morgan fingerprint density at radius 3 is 2.71 bits per heavy atom. The monoisotopic (exact) mass is 197 g/mol. The Bertz CT molecular complexity index is 293. The van der Waals surface area contributed by atoms with Crippen molar-refractivity contribution in [3.63, 3.8) is 0 Å². The summed E-state index contributed by atoms with van der Waals surface area (Å²) in [6.45, 7) is 0.318. The quantitative estimate of drug-likeness (QED) is 0.516. The first-order chi connectivity index (χ1) is 6.66. The highest BCUT2D eigenvalue weighted by molar-refractivity contribution is 5.45. The third-order valence-corrected chi connectivity index (χ3v) is 2.03. The molecular weight excluding hydrogens is 182 g/mol. The van der Waals surface area contributed by atoms with Gasteiger partial charge < -0.3 is 21.7 Å². The molecule has 78 valence electrons. The summed E-state index contributed by atoms with van der Waals surface area (Å²) in [4.78, 5) is 3.83. The second-order valence-electron chi connectivity index (χ2n) is 3.09. The molecular formula is C9H15N3O2. The van der Waals surface area contributed by atoms with Crippen LogP contribution in [0.5, 0.6) is 0 Å². The Labute approximate surface area is 82.4 Å². The van der Waals surface area contributed by atoms with Crippen molar-refractivity contribution in [2.24, 2.45) is 5.73 Å². The fourth-order valence-corrected chi connectivity index (χ4v) is 1.20. The standard InChI is InChI=1S/C9H15N3O2/c10-3-1-8(13)9(14)6-5-12-4-2-7(6)11/h2,4-5,8-9,13-14H,1,3,10H2,(H2,11,12). The van der Waals surface area contributed by atoms with Crippen LogP contribution in [-0.4, -0.2) is 27.8 Å². The van der Waals surface area contributed by atoms with Crippen molar-refractivity contribution in [1.29, 1.82) is 0 Å². The molecule has 0 fully saturated rings. The van der Waals surface area contributed by atoms with Crippen molar-refractivity contribution < 1.29 is 10.2 Å². The first kappa shape index (κ1) is 10.9. The zero-order chi connectivity index (χ0) is 10.6. The first-order valence-corrected chi connectivity index (χ1v) is 4.42. The van der Waals surface area contributed by atoms with Crippen LogP contribution in [0.25, 0.3) is 0 Å².